The molecule has 1 aliphatic heterocycles. The lowest BCUT2D eigenvalue weighted by molar-refractivity contribution is 0.252. The van der Waals surface area contributed by atoms with Gasteiger partial charge in [0.1, 0.15) is 17.5 Å². The van der Waals surface area contributed by atoms with Crippen molar-refractivity contribution >= 4 is 23.4 Å². The van der Waals surface area contributed by atoms with Crippen LogP contribution in [0.15, 0.2) is 30.3 Å². The lowest BCUT2D eigenvalue weighted by Crippen LogP contribution is -2.33. The van der Waals surface area contributed by atoms with Crippen molar-refractivity contribution in [3.63, 3.8) is 0 Å². The summed E-state index contributed by atoms with van der Waals surface area (Å²) < 4.78 is 0. The highest BCUT2D eigenvalue weighted by Gasteiger charge is 2.13. The fraction of sp³-hybridized carbons (Fsp3) is 0.476. The molecule has 1 fully saturated rings. The van der Waals surface area contributed by atoms with Crippen molar-refractivity contribution in [1.29, 1.82) is 0 Å². The standard InChI is InChI=1S/C21H30N6O/c1-3-17-9-5-6-10-18(17)26-21(28)23-12-11-22-19-15-20(25-16(2)24-19)27-13-7-4-8-14-27/h5-6,9-10,15H,3-4,7-8,11-14H2,1-2H3,(H,22,24,25)(H2,23,26,28). The second-order valence-electron chi connectivity index (χ2n) is 7.02. The number of hydrogen-bond donors (Lipinski definition) is 3. The fourth-order valence-electron chi connectivity index (χ4n) is 3.41. The third-order valence-corrected chi connectivity index (χ3v) is 4.87. The van der Waals surface area contributed by atoms with Crippen LogP contribution in [0.2, 0.25) is 0 Å². The van der Waals surface area contributed by atoms with Gasteiger partial charge in [0.15, 0.2) is 0 Å². The Labute approximate surface area is 167 Å². The number of urea groups is 1. The van der Waals surface area contributed by atoms with Crippen molar-refractivity contribution in [2.45, 2.75) is 39.5 Å². The van der Waals surface area contributed by atoms with Crippen molar-refractivity contribution in [2.24, 2.45) is 0 Å². The molecule has 3 rings (SSSR count). The van der Waals surface area contributed by atoms with Gasteiger partial charge in [-0.05, 0) is 44.2 Å². The number of rotatable bonds is 7. The molecule has 0 aliphatic carbocycles. The van der Waals surface area contributed by atoms with Crippen molar-refractivity contribution in [3.05, 3.63) is 41.7 Å². The molecule has 3 N–H and O–H groups in total. The summed E-state index contributed by atoms with van der Waals surface area (Å²) in [7, 11) is 0. The second-order valence-corrected chi connectivity index (χ2v) is 7.02. The number of aryl methyl sites for hydroxylation is 2. The largest absolute Gasteiger partial charge is 0.368 e. The topological polar surface area (TPSA) is 82.2 Å². The fourth-order valence-corrected chi connectivity index (χ4v) is 3.41. The van der Waals surface area contributed by atoms with Gasteiger partial charge in [0, 0.05) is 37.9 Å². The molecule has 150 valence electrons. The summed E-state index contributed by atoms with van der Waals surface area (Å²) in [4.78, 5) is 23.5. The molecule has 0 atom stereocenters. The molecular weight excluding hydrogens is 352 g/mol. The molecule has 1 aliphatic rings. The van der Waals surface area contributed by atoms with Gasteiger partial charge < -0.3 is 20.9 Å². The van der Waals surface area contributed by atoms with E-state index in [9.17, 15) is 4.79 Å². The van der Waals surface area contributed by atoms with E-state index in [2.05, 4.69) is 37.7 Å². The van der Waals surface area contributed by atoms with Gasteiger partial charge in [-0.2, -0.15) is 0 Å². The van der Waals surface area contributed by atoms with E-state index in [4.69, 9.17) is 0 Å². The van der Waals surface area contributed by atoms with Gasteiger partial charge in [-0.25, -0.2) is 14.8 Å². The Kier molecular flexibility index (Phi) is 7.06. The van der Waals surface area contributed by atoms with Gasteiger partial charge >= 0.3 is 6.03 Å². The summed E-state index contributed by atoms with van der Waals surface area (Å²) in [6.07, 6.45) is 4.60. The Morgan fingerprint density at radius 1 is 1.11 bits per heavy atom. The van der Waals surface area contributed by atoms with Gasteiger partial charge in [-0.1, -0.05) is 25.1 Å². The molecule has 1 saturated heterocycles. The van der Waals surface area contributed by atoms with Gasteiger partial charge in [-0.3, -0.25) is 0 Å². The first-order chi connectivity index (χ1) is 13.7. The average molecular weight is 383 g/mol. The molecule has 2 amide bonds. The zero-order valence-corrected chi connectivity index (χ0v) is 16.8. The zero-order valence-electron chi connectivity index (χ0n) is 16.8. The van der Waals surface area contributed by atoms with E-state index in [-0.39, 0.29) is 6.03 Å². The Morgan fingerprint density at radius 3 is 2.68 bits per heavy atom. The normalized spacial score (nSPS) is 13.9. The van der Waals surface area contributed by atoms with Crippen LogP contribution >= 0.6 is 0 Å². The number of para-hydroxylation sites is 1. The maximum atomic E-state index is 12.1. The first-order valence-electron chi connectivity index (χ1n) is 10.1. The van der Waals surface area contributed by atoms with Crippen LogP contribution in [-0.2, 0) is 6.42 Å². The van der Waals surface area contributed by atoms with Crippen LogP contribution in [-0.4, -0.2) is 42.2 Å². The van der Waals surface area contributed by atoms with E-state index in [1.807, 2.05) is 37.3 Å². The van der Waals surface area contributed by atoms with Crippen LogP contribution in [0.3, 0.4) is 0 Å². The lowest BCUT2D eigenvalue weighted by atomic mass is 10.1. The van der Waals surface area contributed by atoms with Crippen LogP contribution in [0.5, 0.6) is 0 Å². The van der Waals surface area contributed by atoms with Crippen molar-refractivity contribution in [3.8, 4) is 0 Å². The van der Waals surface area contributed by atoms with Gasteiger partial charge in [0.05, 0.1) is 0 Å². The van der Waals surface area contributed by atoms with E-state index >= 15 is 0 Å². The second kappa shape index (κ2) is 9.92. The number of aromatic nitrogens is 2. The molecule has 0 bridgehead atoms. The highest BCUT2D eigenvalue weighted by molar-refractivity contribution is 5.90. The van der Waals surface area contributed by atoms with Crippen molar-refractivity contribution in [2.75, 3.05) is 41.7 Å². The van der Waals surface area contributed by atoms with E-state index in [1.165, 1.54) is 19.3 Å². The number of hydrogen-bond acceptors (Lipinski definition) is 5. The summed E-state index contributed by atoms with van der Waals surface area (Å²) in [5.74, 6) is 2.54. The zero-order chi connectivity index (χ0) is 19.8. The average Bonchev–Trinajstić information content (AvgIpc) is 2.72. The van der Waals surface area contributed by atoms with Crippen LogP contribution in [0.1, 0.15) is 37.6 Å². The number of nitrogens with one attached hydrogen (secondary N) is 3. The Balaban J connectivity index is 1.47. The smallest absolute Gasteiger partial charge is 0.319 e. The quantitative estimate of drug-likeness (QED) is 0.638. The number of amides is 2. The molecule has 2 heterocycles. The van der Waals surface area contributed by atoms with E-state index in [0.717, 1.165) is 48.2 Å². The minimum Gasteiger partial charge on any atom is -0.368 e. The molecule has 7 nitrogen and oxygen atoms in total. The molecule has 0 spiro atoms. The summed E-state index contributed by atoms with van der Waals surface area (Å²) in [6, 6.07) is 9.64. The van der Waals surface area contributed by atoms with Crippen LogP contribution < -0.4 is 20.9 Å². The lowest BCUT2D eigenvalue weighted by Gasteiger charge is -2.28. The molecule has 1 aromatic heterocycles. The molecule has 28 heavy (non-hydrogen) atoms. The van der Waals surface area contributed by atoms with Crippen LogP contribution in [0, 0.1) is 6.92 Å². The Hall–Kier alpha value is -2.83. The van der Waals surface area contributed by atoms with E-state index in [0.29, 0.717) is 13.1 Å². The predicted molar refractivity (Wildman–Crippen MR) is 114 cm³/mol. The summed E-state index contributed by atoms with van der Waals surface area (Å²) in [5, 5.41) is 9.08. The maximum Gasteiger partial charge on any atom is 0.319 e. The SMILES string of the molecule is CCc1ccccc1NC(=O)NCCNc1cc(N2CCCCC2)nc(C)n1. The molecule has 2 aromatic rings. The van der Waals surface area contributed by atoms with E-state index < -0.39 is 0 Å². The summed E-state index contributed by atoms with van der Waals surface area (Å²) >= 11 is 0. The molecular formula is C21H30N6O. The number of carbonyl (C=O) groups excluding carboxylic acids is 1. The first kappa shape index (κ1) is 19.9. The number of carbonyl (C=O) groups is 1. The first-order valence-corrected chi connectivity index (χ1v) is 10.1. The highest BCUT2D eigenvalue weighted by Crippen LogP contribution is 2.20. The predicted octanol–water partition coefficient (Wildman–Crippen LogP) is 3.57. The Morgan fingerprint density at radius 2 is 1.89 bits per heavy atom. The van der Waals surface area contributed by atoms with Gasteiger partial charge in [0.2, 0.25) is 0 Å². The third kappa shape index (κ3) is 5.58. The number of benzene rings is 1. The van der Waals surface area contributed by atoms with Crippen molar-refractivity contribution in [1.82, 2.24) is 15.3 Å². The molecule has 7 heteroatoms. The van der Waals surface area contributed by atoms with Gasteiger partial charge in [-0.15, -0.1) is 0 Å². The minimum atomic E-state index is -0.199. The van der Waals surface area contributed by atoms with Gasteiger partial charge in [0.25, 0.3) is 0 Å². The maximum absolute atomic E-state index is 12.1. The van der Waals surface area contributed by atoms with Crippen molar-refractivity contribution < 1.29 is 4.79 Å². The number of anilines is 3. The van der Waals surface area contributed by atoms with Crippen LogP contribution in [0.25, 0.3) is 0 Å². The monoisotopic (exact) mass is 382 g/mol. The van der Waals surface area contributed by atoms with E-state index in [1.54, 1.807) is 0 Å². The summed E-state index contributed by atoms with van der Waals surface area (Å²) in [6.45, 7) is 7.19. The highest BCUT2D eigenvalue weighted by atomic mass is 16.2. The minimum absolute atomic E-state index is 0.199. The molecule has 0 radical (unpaired) electrons. The number of piperidine rings is 1. The Bertz CT molecular complexity index is 788. The number of nitrogens with zero attached hydrogens (tertiary/aromatic N) is 3. The van der Waals surface area contributed by atoms with Crippen LogP contribution in [0.4, 0.5) is 22.1 Å². The summed E-state index contributed by atoms with van der Waals surface area (Å²) in [5.41, 5.74) is 1.98. The molecule has 0 saturated carbocycles. The molecule has 0 unspecified atom stereocenters. The molecule has 1 aromatic carbocycles. The third-order valence-electron chi connectivity index (χ3n) is 4.87.